The van der Waals surface area contributed by atoms with Gasteiger partial charge in [-0.15, -0.1) is 10.2 Å². The van der Waals surface area contributed by atoms with Crippen LogP contribution in [0.2, 0.25) is 0 Å². The molecule has 84 valence electrons. The number of nitrogens with zero attached hydrogens (tertiary/aromatic N) is 4. The number of aliphatic hydroxyl groups excluding tert-OH is 1. The summed E-state index contributed by atoms with van der Waals surface area (Å²) in [4.78, 5) is 2.47. The van der Waals surface area contributed by atoms with Crippen molar-refractivity contribution in [3.8, 4) is 0 Å². The first-order valence-electron chi connectivity index (χ1n) is 5.56. The lowest BCUT2D eigenvalue weighted by Gasteiger charge is -2.19. The zero-order valence-corrected chi connectivity index (χ0v) is 9.13. The van der Waals surface area contributed by atoms with Crippen molar-refractivity contribution in [1.82, 2.24) is 19.7 Å². The van der Waals surface area contributed by atoms with Crippen molar-refractivity contribution in [1.29, 1.82) is 0 Å². The molecule has 1 saturated carbocycles. The molecule has 0 amide bonds. The maximum Gasteiger partial charge on any atom is 0.158 e. The van der Waals surface area contributed by atoms with Crippen LogP contribution in [0.15, 0.2) is 6.33 Å². The van der Waals surface area contributed by atoms with E-state index in [-0.39, 0.29) is 6.61 Å². The third kappa shape index (κ3) is 2.54. The minimum Gasteiger partial charge on any atom is -0.388 e. The van der Waals surface area contributed by atoms with E-state index >= 15 is 0 Å². The van der Waals surface area contributed by atoms with E-state index in [0.29, 0.717) is 5.82 Å². The van der Waals surface area contributed by atoms with Crippen LogP contribution in [0.1, 0.15) is 25.6 Å². The summed E-state index contributed by atoms with van der Waals surface area (Å²) in [6, 6.07) is 0.795. The van der Waals surface area contributed by atoms with Crippen molar-refractivity contribution >= 4 is 0 Å². The molecule has 0 spiro atoms. The summed E-state index contributed by atoms with van der Waals surface area (Å²) in [5.41, 5.74) is 0. The Balaban J connectivity index is 1.85. The Labute approximate surface area is 89.7 Å². The number of hydrogen-bond acceptors (Lipinski definition) is 4. The summed E-state index contributed by atoms with van der Waals surface area (Å²) in [6.45, 7) is 5.15. The first-order chi connectivity index (χ1) is 7.35. The van der Waals surface area contributed by atoms with Crippen LogP contribution in [-0.2, 0) is 13.2 Å². The molecule has 1 aliphatic carbocycles. The van der Waals surface area contributed by atoms with Crippen LogP contribution in [0, 0.1) is 0 Å². The molecule has 1 heterocycles. The Bertz CT molecular complexity index is 308. The van der Waals surface area contributed by atoms with Crippen LogP contribution in [0.3, 0.4) is 0 Å². The Morgan fingerprint density at radius 2 is 2.40 bits per heavy atom. The van der Waals surface area contributed by atoms with Crippen LogP contribution in [-0.4, -0.2) is 43.9 Å². The van der Waals surface area contributed by atoms with Gasteiger partial charge in [0.25, 0.3) is 0 Å². The minimum atomic E-state index is -0.0322. The first kappa shape index (κ1) is 10.6. The number of rotatable bonds is 6. The molecule has 0 bridgehead atoms. The van der Waals surface area contributed by atoms with E-state index in [4.69, 9.17) is 5.11 Å². The van der Waals surface area contributed by atoms with Crippen molar-refractivity contribution < 1.29 is 5.11 Å². The third-order valence-corrected chi connectivity index (χ3v) is 2.93. The van der Waals surface area contributed by atoms with Gasteiger partial charge in [-0.1, -0.05) is 6.92 Å². The van der Waals surface area contributed by atoms with Gasteiger partial charge in [0.05, 0.1) is 0 Å². The predicted molar refractivity (Wildman–Crippen MR) is 56.2 cm³/mol. The fourth-order valence-electron chi connectivity index (χ4n) is 1.86. The summed E-state index contributed by atoms with van der Waals surface area (Å²) in [6.07, 6.45) is 4.36. The number of aromatic nitrogens is 3. The zero-order chi connectivity index (χ0) is 10.7. The van der Waals surface area contributed by atoms with E-state index in [2.05, 4.69) is 22.0 Å². The lowest BCUT2D eigenvalue weighted by Crippen LogP contribution is -2.29. The molecule has 0 radical (unpaired) electrons. The lowest BCUT2D eigenvalue weighted by atomic mass is 10.4. The molecule has 1 aromatic rings. The summed E-state index contributed by atoms with van der Waals surface area (Å²) in [5, 5.41) is 16.6. The average Bonchev–Trinajstić information content (AvgIpc) is 2.98. The molecule has 1 N–H and O–H groups in total. The van der Waals surface area contributed by atoms with E-state index in [1.807, 2.05) is 4.57 Å². The molecule has 0 atom stereocenters. The average molecular weight is 210 g/mol. The Morgan fingerprint density at radius 1 is 1.60 bits per heavy atom. The van der Waals surface area contributed by atoms with Crippen molar-refractivity contribution in [2.75, 3.05) is 13.1 Å². The second-order valence-electron chi connectivity index (χ2n) is 3.96. The van der Waals surface area contributed by atoms with Gasteiger partial charge in [-0.2, -0.15) is 0 Å². The fourth-order valence-corrected chi connectivity index (χ4v) is 1.86. The smallest absolute Gasteiger partial charge is 0.158 e. The Morgan fingerprint density at radius 3 is 3.00 bits per heavy atom. The van der Waals surface area contributed by atoms with Gasteiger partial charge in [0, 0.05) is 19.1 Å². The number of hydrogen-bond donors (Lipinski definition) is 1. The molecule has 1 aliphatic rings. The highest BCUT2D eigenvalue weighted by atomic mass is 16.3. The molecule has 5 nitrogen and oxygen atoms in total. The van der Waals surface area contributed by atoms with Crippen LogP contribution in [0.25, 0.3) is 0 Å². The standard InChI is InChI=1S/C10H18N4O/c1-2-13(9-3-4-9)5-6-14-8-11-12-10(14)7-15/h8-9,15H,2-7H2,1H3. The lowest BCUT2D eigenvalue weighted by molar-refractivity contribution is 0.246. The van der Waals surface area contributed by atoms with Crippen molar-refractivity contribution in [3.63, 3.8) is 0 Å². The summed E-state index contributed by atoms with van der Waals surface area (Å²) in [5.74, 6) is 0.654. The maximum absolute atomic E-state index is 9.01. The summed E-state index contributed by atoms with van der Waals surface area (Å²) >= 11 is 0. The van der Waals surface area contributed by atoms with Gasteiger partial charge in [0.2, 0.25) is 0 Å². The molecule has 1 aromatic heterocycles. The summed E-state index contributed by atoms with van der Waals surface area (Å²) in [7, 11) is 0. The summed E-state index contributed by atoms with van der Waals surface area (Å²) < 4.78 is 1.92. The first-order valence-corrected chi connectivity index (χ1v) is 5.56. The van der Waals surface area contributed by atoms with E-state index < -0.39 is 0 Å². The van der Waals surface area contributed by atoms with Gasteiger partial charge in [-0.25, -0.2) is 0 Å². The third-order valence-electron chi connectivity index (χ3n) is 2.93. The van der Waals surface area contributed by atoms with E-state index in [1.165, 1.54) is 12.8 Å². The molecule has 0 aromatic carbocycles. The van der Waals surface area contributed by atoms with E-state index in [0.717, 1.165) is 25.7 Å². The molecular weight excluding hydrogens is 192 g/mol. The Hall–Kier alpha value is -0.940. The van der Waals surface area contributed by atoms with Gasteiger partial charge in [0.1, 0.15) is 12.9 Å². The highest BCUT2D eigenvalue weighted by Crippen LogP contribution is 2.26. The van der Waals surface area contributed by atoms with Crippen LogP contribution < -0.4 is 0 Å². The van der Waals surface area contributed by atoms with Crippen molar-refractivity contribution in [3.05, 3.63) is 12.2 Å². The normalized spacial score (nSPS) is 16.2. The second kappa shape index (κ2) is 4.72. The van der Waals surface area contributed by atoms with Gasteiger partial charge in [0.15, 0.2) is 5.82 Å². The zero-order valence-electron chi connectivity index (χ0n) is 9.13. The largest absolute Gasteiger partial charge is 0.388 e. The maximum atomic E-state index is 9.01. The highest BCUT2D eigenvalue weighted by Gasteiger charge is 2.27. The van der Waals surface area contributed by atoms with Crippen LogP contribution >= 0.6 is 0 Å². The second-order valence-corrected chi connectivity index (χ2v) is 3.96. The number of aliphatic hydroxyl groups is 1. The quantitative estimate of drug-likeness (QED) is 0.731. The van der Waals surface area contributed by atoms with Gasteiger partial charge < -0.3 is 9.67 Å². The SMILES string of the molecule is CCN(CCn1cnnc1CO)C1CC1. The molecule has 15 heavy (non-hydrogen) atoms. The number of likely N-dealkylation sites (N-methyl/N-ethyl adjacent to an activating group) is 1. The van der Waals surface area contributed by atoms with Gasteiger partial charge in [-0.3, -0.25) is 4.90 Å². The van der Waals surface area contributed by atoms with E-state index in [9.17, 15) is 0 Å². The van der Waals surface area contributed by atoms with Gasteiger partial charge >= 0.3 is 0 Å². The molecule has 5 heteroatoms. The van der Waals surface area contributed by atoms with Crippen LogP contribution in [0.4, 0.5) is 0 Å². The predicted octanol–water partition coefficient (Wildman–Crippen LogP) is 0.255. The topological polar surface area (TPSA) is 54.2 Å². The minimum absolute atomic E-state index is 0.0322. The van der Waals surface area contributed by atoms with Crippen molar-refractivity contribution in [2.24, 2.45) is 0 Å². The molecule has 0 unspecified atom stereocenters. The van der Waals surface area contributed by atoms with Crippen LogP contribution in [0.5, 0.6) is 0 Å². The fraction of sp³-hybridized carbons (Fsp3) is 0.800. The Kier molecular flexibility index (Phi) is 3.33. The highest BCUT2D eigenvalue weighted by molar-refractivity contribution is 4.86. The van der Waals surface area contributed by atoms with Gasteiger partial charge in [-0.05, 0) is 19.4 Å². The van der Waals surface area contributed by atoms with Crippen molar-refractivity contribution in [2.45, 2.75) is 39.0 Å². The molecule has 0 aliphatic heterocycles. The molecule has 2 rings (SSSR count). The molecule has 1 fully saturated rings. The molecular formula is C10H18N4O. The molecule has 0 saturated heterocycles. The van der Waals surface area contributed by atoms with E-state index in [1.54, 1.807) is 6.33 Å². The monoisotopic (exact) mass is 210 g/mol.